The third-order valence-corrected chi connectivity index (χ3v) is 3.59. The number of halogens is 1. The van der Waals surface area contributed by atoms with E-state index in [9.17, 15) is 0 Å². The van der Waals surface area contributed by atoms with Crippen LogP contribution in [0.25, 0.3) is 0 Å². The second kappa shape index (κ2) is 9.94. The van der Waals surface area contributed by atoms with E-state index in [1.165, 1.54) is 12.8 Å². The molecule has 1 unspecified atom stereocenters. The Morgan fingerprint density at radius 3 is 2.60 bits per heavy atom. The highest BCUT2D eigenvalue weighted by molar-refractivity contribution is 6.28. The van der Waals surface area contributed by atoms with Gasteiger partial charge in [-0.2, -0.15) is 0 Å². The lowest BCUT2D eigenvalue weighted by Gasteiger charge is -2.18. The molecule has 0 radical (unpaired) electrons. The van der Waals surface area contributed by atoms with Crippen LogP contribution in [0.1, 0.15) is 58.1 Å². The number of anilines is 1. The quantitative estimate of drug-likeness (QED) is 0.509. The van der Waals surface area contributed by atoms with E-state index in [-0.39, 0.29) is 0 Å². The molecule has 4 nitrogen and oxygen atoms in total. The fourth-order valence-corrected chi connectivity index (χ4v) is 2.36. The van der Waals surface area contributed by atoms with Gasteiger partial charge in [0.2, 0.25) is 5.28 Å². The molecule has 1 aromatic heterocycles. The Hall–Kier alpha value is -0.870. The molecule has 0 fully saturated rings. The Bertz CT molecular complexity index is 387. The van der Waals surface area contributed by atoms with E-state index in [1.54, 1.807) is 0 Å². The Morgan fingerprint density at radius 2 is 1.95 bits per heavy atom. The molecule has 0 aliphatic rings. The molecule has 1 rings (SSSR count). The molecule has 0 aromatic carbocycles. The maximum Gasteiger partial charge on any atom is 0.224 e. The topological polar surface area (TPSA) is 58.0 Å². The fraction of sp³-hybridized carbons (Fsp3) is 0.733. The van der Waals surface area contributed by atoms with Crippen LogP contribution < -0.4 is 5.32 Å². The summed E-state index contributed by atoms with van der Waals surface area (Å²) in [6.45, 7) is 4.53. The van der Waals surface area contributed by atoms with Crippen molar-refractivity contribution in [2.24, 2.45) is 0 Å². The Morgan fingerprint density at radius 1 is 1.20 bits per heavy atom. The molecule has 1 heterocycles. The number of aliphatic hydroxyl groups is 1. The molecule has 0 aliphatic carbocycles. The molecule has 0 saturated heterocycles. The van der Waals surface area contributed by atoms with Crippen LogP contribution in [0.4, 0.5) is 5.82 Å². The van der Waals surface area contributed by atoms with Crippen molar-refractivity contribution < 1.29 is 5.11 Å². The number of aliphatic hydroxyl groups excluding tert-OH is 1. The number of hydrogen-bond donors (Lipinski definition) is 2. The molecule has 5 heteroatoms. The van der Waals surface area contributed by atoms with E-state index in [4.69, 9.17) is 16.7 Å². The summed E-state index contributed by atoms with van der Waals surface area (Å²) in [6.07, 6.45) is 7.38. The van der Waals surface area contributed by atoms with E-state index in [1.807, 2.05) is 6.07 Å². The molecule has 1 aromatic rings. The number of unbranched alkanes of at least 4 members (excludes halogenated alkanes) is 3. The summed E-state index contributed by atoms with van der Waals surface area (Å²) < 4.78 is 0. The van der Waals surface area contributed by atoms with Crippen LogP contribution in [-0.4, -0.2) is 27.7 Å². The number of rotatable bonds is 10. The molecule has 1 atom stereocenters. The first-order valence-electron chi connectivity index (χ1n) is 7.60. The lowest BCUT2D eigenvalue weighted by Crippen LogP contribution is -2.19. The molecule has 0 saturated carbocycles. The maximum atomic E-state index is 8.75. The Kier molecular flexibility index (Phi) is 8.54. The molecule has 0 aliphatic heterocycles. The van der Waals surface area contributed by atoms with Gasteiger partial charge in [0.05, 0.1) is 0 Å². The van der Waals surface area contributed by atoms with Crippen molar-refractivity contribution in [3.8, 4) is 0 Å². The predicted molar refractivity (Wildman–Crippen MR) is 84.3 cm³/mol. The minimum Gasteiger partial charge on any atom is -0.396 e. The van der Waals surface area contributed by atoms with Gasteiger partial charge in [-0.25, -0.2) is 9.97 Å². The van der Waals surface area contributed by atoms with Gasteiger partial charge in [0.1, 0.15) is 5.82 Å². The van der Waals surface area contributed by atoms with Gasteiger partial charge in [-0.3, -0.25) is 0 Å². The summed E-state index contributed by atoms with van der Waals surface area (Å²) in [5, 5.41) is 12.5. The highest BCUT2D eigenvalue weighted by atomic mass is 35.5. The van der Waals surface area contributed by atoms with Gasteiger partial charge in [-0.1, -0.05) is 33.1 Å². The van der Waals surface area contributed by atoms with Crippen LogP contribution >= 0.6 is 11.6 Å². The fourth-order valence-electron chi connectivity index (χ4n) is 2.16. The summed E-state index contributed by atoms with van der Waals surface area (Å²) in [7, 11) is 0. The first-order chi connectivity index (χ1) is 9.69. The summed E-state index contributed by atoms with van der Waals surface area (Å²) in [5.41, 5.74) is 0.963. The maximum absolute atomic E-state index is 8.75. The zero-order chi connectivity index (χ0) is 14.8. The summed E-state index contributed by atoms with van der Waals surface area (Å²) >= 11 is 5.93. The van der Waals surface area contributed by atoms with Gasteiger partial charge in [-0.05, 0) is 37.3 Å². The van der Waals surface area contributed by atoms with Crippen LogP contribution in [0, 0.1) is 0 Å². The highest BCUT2D eigenvalue weighted by Crippen LogP contribution is 2.16. The highest BCUT2D eigenvalue weighted by Gasteiger charge is 2.08. The SMILES string of the molecule is CCc1cc(NC(CC)CCCCCCO)nc(Cl)n1. The Balaban J connectivity index is 2.44. The van der Waals surface area contributed by atoms with E-state index in [2.05, 4.69) is 29.1 Å². The summed E-state index contributed by atoms with van der Waals surface area (Å²) in [6, 6.07) is 2.39. The molecule has 0 bridgehead atoms. The number of nitrogens with zero attached hydrogens (tertiary/aromatic N) is 2. The van der Waals surface area contributed by atoms with Crippen LogP contribution in [0.5, 0.6) is 0 Å². The normalized spacial score (nSPS) is 12.4. The number of aromatic nitrogens is 2. The zero-order valence-electron chi connectivity index (χ0n) is 12.5. The van der Waals surface area contributed by atoms with Gasteiger partial charge >= 0.3 is 0 Å². The van der Waals surface area contributed by atoms with Crippen LogP contribution in [-0.2, 0) is 6.42 Å². The van der Waals surface area contributed by atoms with E-state index in [0.717, 1.165) is 43.6 Å². The first kappa shape index (κ1) is 17.2. The Labute approximate surface area is 127 Å². The van der Waals surface area contributed by atoms with Gasteiger partial charge in [0.25, 0.3) is 0 Å². The molecule has 0 spiro atoms. The summed E-state index contributed by atoms with van der Waals surface area (Å²) in [5.74, 6) is 0.823. The van der Waals surface area contributed by atoms with Crippen molar-refractivity contribution >= 4 is 17.4 Å². The number of aryl methyl sites for hydroxylation is 1. The average Bonchev–Trinajstić information content (AvgIpc) is 2.45. The van der Waals surface area contributed by atoms with Crippen LogP contribution in [0.15, 0.2) is 6.07 Å². The predicted octanol–water partition coefficient (Wildman–Crippen LogP) is 3.83. The van der Waals surface area contributed by atoms with E-state index < -0.39 is 0 Å². The molecular weight excluding hydrogens is 274 g/mol. The minimum absolute atomic E-state index is 0.300. The van der Waals surface area contributed by atoms with Gasteiger partial charge < -0.3 is 10.4 Å². The van der Waals surface area contributed by atoms with Crippen molar-refractivity contribution in [3.63, 3.8) is 0 Å². The van der Waals surface area contributed by atoms with Crippen LogP contribution in [0.2, 0.25) is 5.28 Å². The average molecular weight is 300 g/mol. The summed E-state index contributed by atoms with van der Waals surface area (Å²) in [4.78, 5) is 8.41. The lowest BCUT2D eigenvalue weighted by molar-refractivity contribution is 0.282. The van der Waals surface area contributed by atoms with Crippen LogP contribution in [0.3, 0.4) is 0 Å². The van der Waals surface area contributed by atoms with Crippen molar-refractivity contribution in [2.75, 3.05) is 11.9 Å². The van der Waals surface area contributed by atoms with E-state index >= 15 is 0 Å². The van der Waals surface area contributed by atoms with Crippen molar-refractivity contribution in [3.05, 3.63) is 17.0 Å². The first-order valence-corrected chi connectivity index (χ1v) is 7.98. The van der Waals surface area contributed by atoms with Crippen molar-refractivity contribution in [1.82, 2.24) is 9.97 Å². The third-order valence-electron chi connectivity index (χ3n) is 3.42. The number of nitrogens with one attached hydrogen (secondary N) is 1. The lowest BCUT2D eigenvalue weighted by atomic mass is 10.1. The van der Waals surface area contributed by atoms with Gasteiger partial charge in [0, 0.05) is 24.4 Å². The number of hydrogen-bond acceptors (Lipinski definition) is 4. The third kappa shape index (κ3) is 6.53. The smallest absolute Gasteiger partial charge is 0.224 e. The molecule has 0 amide bonds. The standard InChI is InChI=1S/C15H26ClN3O/c1-3-12(9-7-5-6-8-10-20)17-14-11-13(4-2)18-15(16)19-14/h11-12,20H,3-10H2,1-2H3,(H,17,18,19). The largest absolute Gasteiger partial charge is 0.396 e. The molecular formula is C15H26ClN3O. The van der Waals surface area contributed by atoms with Crippen molar-refractivity contribution in [2.45, 2.75) is 64.8 Å². The molecule has 2 N–H and O–H groups in total. The van der Waals surface area contributed by atoms with Gasteiger partial charge in [0.15, 0.2) is 0 Å². The zero-order valence-corrected chi connectivity index (χ0v) is 13.3. The van der Waals surface area contributed by atoms with E-state index in [0.29, 0.717) is 17.9 Å². The monoisotopic (exact) mass is 299 g/mol. The second-order valence-corrected chi connectivity index (χ2v) is 5.38. The molecule has 114 valence electrons. The second-order valence-electron chi connectivity index (χ2n) is 5.04. The molecule has 20 heavy (non-hydrogen) atoms. The minimum atomic E-state index is 0.300. The van der Waals surface area contributed by atoms with Gasteiger partial charge in [-0.15, -0.1) is 0 Å². The van der Waals surface area contributed by atoms with Crippen molar-refractivity contribution in [1.29, 1.82) is 0 Å².